The van der Waals surface area contributed by atoms with Gasteiger partial charge >= 0.3 is 0 Å². The van der Waals surface area contributed by atoms with Crippen molar-refractivity contribution in [2.75, 3.05) is 13.2 Å². The smallest absolute Gasteiger partial charge is 0.0740 e. The van der Waals surface area contributed by atoms with Gasteiger partial charge in [-0.3, -0.25) is 0 Å². The van der Waals surface area contributed by atoms with Crippen LogP contribution < -0.4 is 5.73 Å². The van der Waals surface area contributed by atoms with E-state index in [0.29, 0.717) is 6.61 Å². The Kier molecular flexibility index (Phi) is 4.85. The number of quaternary nitrogens is 1. The van der Waals surface area contributed by atoms with Gasteiger partial charge in [-0.15, -0.1) is 0 Å². The van der Waals surface area contributed by atoms with Crippen LogP contribution in [0.5, 0.6) is 0 Å². The Labute approximate surface area is 38.0 Å². The van der Waals surface area contributed by atoms with Crippen molar-refractivity contribution < 1.29 is 10.8 Å². The maximum atomic E-state index is 8.17. The van der Waals surface area contributed by atoms with Gasteiger partial charge in [-0.2, -0.15) is 0 Å². The quantitative estimate of drug-likeness (QED) is 0.429. The molecule has 0 spiro atoms. The second kappa shape index (κ2) is 4.92. The highest BCUT2D eigenvalue weighted by Crippen LogP contribution is 1.78. The van der Waals surface area contributed by atoms with Crippen LogP contribution in [0.2, 0.25) is 0 Å². The number of hydrogen-bond acceptors (Lipinski definition) is 1. The van der Waals surface area contributed by atoms with Gasteiger partial charge in [0, 0.05) is 6.61 Å². The molecule has 0 rings (SSSR count). The molecule has 4 N–H and O–H groups in total. The van der Waals surface area contributed by atoms with Crippen LogP contribution in [0.3, 0.4) is 0 Å². The number of aliphatic hydroxyl groups excluding tert-OH is 1. The van der Waals surface area contributed by atoms with Gasteiger partial charge < -0.3 is 10.8 Å². The molecule has 0 aromatic heterocycles. The molecule has 0 aliphatic rings. The molecule has 0 aromatic rings. The summed E-state index contributed by atoms with van der Waals surface area (Å²) in [5, 5.41) is 8.17. The molecule has 0 heterocycles. The van der Waals surface area contributed by atoms with Crippen molar-refractivity contribution in [3.63, 3.8) is 0 Å². The Hall–Kier alpha value is -0.0800. The van der Waals surface area contributed by atoms with Crippen molar-refractivity contribution in [3.05, 3.63) is 0 Å². The van der Waals surface area contributed by atoms with Gasteiger partial charge in [-0.1, -0.05) is 0 Å². The molecule has 0 aliphatic carbocycles. The van der Waals surface area contributed by atoms with Crippen LogP contribution in [0.1, 0.15) is 12.8 Å². The highest BCUT2D eigenvalue weighted by molar-refractivity contribution is 4.29. The summed E-state index contributed by atoms with van der Waals surface area (Å²) in [6.07, 6.45) is 1.96. The largest absolute Gasteiger partial charge is 0.396 e. The predicted octanol–water partition coefficient (Wildman–Crippen LogP) is -0.999. The summed E-state index contributed by atoms with van der Waals surface area (Å²) >= 11 is 0. The molecule has 0 amide bonds. The van der Waals surface area contributed by atoms with E-state index in [1.165, 1.54) is 0 Å². The number of hydrogen-bond donors (Lipinski definition) is 2. The molecule has 6 heavy (non-hydrogen) atoms. The molecular weight excluding hydrogens is 78.0 g/mol. The van der Waals surface area contributed by atoms with Crippen molar-refractivity contribution in [1.29, 1.82) is 0 Å². The van der Waals surface area contributed by atoms with Crippen LogP contribution in [0.4, 0.5) is 0 Å². The van der Waals surface area contributed by atoms with Crippen molar-refractivity contribution in [1.82, 2.24) is 0 Å². The molecule has 0 aliphatic heterocycles. The first-order chi connectivity index (χ1) is 2.91. The van der Waals surface area contributed by atoms with Crippen molar-refractivity contribution in [2.45, 2.75) is 12.8 Å². The Morgan fingerprint density at radius 2 is 2.00 bits per heavy atom. The van der Waals surface area contributed by atoms with E-state index in [1.54, 1.807) is 0 Å². The minimum atomic E-state index is 0.315. The summed E-state index contributed by atoms with van der Waals surface area (Å²) in [7, 11) is 0. The Bertz CT molecular complexity index is 19.5. The molecule has 2 heteroatoms. The maximum Gasteiger partial charge on any atom is 0.0740 e. The molecule has 0 saturated carbocycles. The fraction of sp³-hybridized carbons (Fsp3) is 1.00. The van der Waals surface area contributed by atoms with Crippen LogP contribution >= 0.6 is 0 Å². The van der Waals surface area contributed by atoms with Gasteiger partial charge in [0.2, 0.25) is 0 Å². The van der Waals surface area contributed by atoms with Crippen molar-refractivity contribution >= 4 is 0 Å². The van der Waals surface area contributed by atoms with Crippen LogP contribution in [0.25, 0.3) is 0 Å². The molecule has 0 radical (unpaired) electrons. The topological polar surface area (TPSA) is 47.9 Å². The lowest BCUT2D eigenvalue weighted by Crippen LogP contribution is -2.50. The minimum absolute atomic E-state index is 0.315. The van der Waals surface area contributed by atoms with Crippen molar-refractivity contribution in [2.24, 2.45) is 0 Å². The average molecular weight is 90.1 g/mol. The normalized spacial score (nSPS) is 9.00. The SMILES string of the molecule is [NH3+]CCCCO. The number of rotatable bonds is 3. The fourth-order valence-corrected chi connectivity index (χ4v) is 0.289. The van der Waals surface area contributed by atoms with Gasteiger partial charge in [0.25, 0.3) is 0 Å². The summed E-state index contributed by atoms with van der Waals surface area (Å²) in [4.78, 5) is 0. The summed E-state index contributed by atoms with van der Waals surface area (Å²) in [6, 6.07) is 0. The van der Waals surface area contributed by atoms with E-state index in [4.69, 9.17) is 5.11 Å². The average Bonchev–Trinajstić information content (AvgIpc) is 1.61. The van der Waals surface area contributed by atoms with E-state index in [2.05, 4.69) is 5.73 Å². The fourth-order valence-electron chi connectivity index (χ4n) is 0.289. The number of unbranched alkanes of at least 4 members (excludes halogenated alkanes) is 1. The second-order valence-corrected chi connectivity index (χ2v) is 1.28. The first-order valence-corrected chi connectivity index (χ1v) is 2.32. The first kappa shape index (κ1) is 5.92. The Morgan fingerprint density at radius 1 is 1.33 bits per heavy atom. The monoisotopic (exact) mass is 90.1 g/mol. The summed E-state index contributed by atoms with van der Waals surface area (Å²) in [5.41, 5.74) is 3.61. The van der Waals surface area contributed by atoms with E-state index in [1.807, 2.05) is 0 Å². The molecule has 0 atom stereocenters. The molecule has 0 fully saturated rings. The van der Waals surface area contributed by atoms with E-state index in [0.717, 1.165) is 19.4 Å². The molecule has 0 unspecified atom stereocenters. The van der Waals surface area contributed by atoms with Crippen LogP contribution in [-0.2, 0) is 0 Å². The third kappa shape index (κ3) is 3.92. The standard InChI is InChI=1S/C4H11NO/c5-3-1-2-4-6/h6H,1-5H2/p+1. The first-order valence-electron chi connectivity index (χ1n) is 2.32. The zero-order chi connectivity index (χ0) is 4.83. The molecule has 0 aromatic carbocycles. The Balaban J connectivity index is 2.34. The molecular formula is C4H12NO+. The molecule has 38 valence electrons. The zero-order valence-corrected chi connectivity index (χ0v) is 3.98. The summed E-state index contributed by atoms with van der Waals surface area (Å²) < 4.78 is 0. The van der Waals surface area contributed by atoms with Crippen molar-refractivity contribution in [3.8, 4) is 0 Å². The molecule has 0 saturated heterocycles. The van der Waals surface area contributed by atoms with E-state index < -0.39 is 0 Å². The van der Waals surface area contributed by atoms with E-state index >= 15 is 0 Å². The predicted molar refractivity (Wildman–Crippen MR) is 24.1 cm³/mol. The Morgan fingerprint density at radius 3 is 2.17 bits per heavy atom. The summed E-state index contributed by atoms with van der Waals surface area (Å²) in [6.45, 7) is 1.26. The van der Waals surface area contributed by atoms with Crippen LogP contribution in [0.15, 0.2) is 0 Å². The van der Waals surface area contributed by atoms with E-state index in [9.17, 15) is 0 Å². The number of aliphatic hydroxyl groups is 1. The summed E-state index contributed by atoms with van der Waals surface area (Å²) in [5.74, 6) is 0. The van der Waals surface area contributed by atoms with Gasteiger partial charge in [0.15, 0.2) is 0 Å². The third-order valence-corrected chi connectivity index (χ3v) is 0.658. The lowest BCUT2D eigenvalue weighted by atomic mass is 10.3. The van der Waals surface area contributed by atoms with Crippen LogP contribution in [0, 0.1) is 0 Å². The van der Waals surface area contributed by atoms with Gasteiger partial charge in [-0.25, -0.2) is 0 Å². The molecule has 0 bridgehead atoms. The highest BCUT2D eigenvalue weighted by atomic mass is 16.2. The lowest BCUT2D eigenvalue weighted by Gasteiger charge is -1.84. The molecule has 2 nitrogen and oxygen atoms in total. The van der Waals surface area contributed by atoms with Gasteiger partial charge in [0.05, 0.1) is 6.54 Å². The minimum Gasteiger partial charge on any atom is -0.396 e. The highest BCUT2D eigenvalue weighted by Gasteiger charge is 1.78. The second-order valence-electron chi connectivity index (χ2n) is 1.28. The lowest BCUT2D eigenvalue weighted by molar-refractivity contribution is -0.368. The van der Waals surface area contributed by atoms with E-state index in [-0.39, 0.29) is 0 Å². The zero-order valence-electron chi connectivity index (χ0n) is 3.98. The van der Waals surface area contributed by atoms with Gasteiger partial charge in [-0.05, 0) is 12.8 Å². The third-order valence-electron chi connectivity index (χ3n) is 0.658. The van der Waals surface area contributed by atoms with Crippen LogP contribution in [-0.4, -0.2) is 18.3 Å². The van der Waals surface area contributed by atoms with Gasteiger partial charge in [0.1, 0.15) is 0 Å². The maximum absolute atomic E-state index is 8.17.